The van der Waals surface area contributed by atoms with Gasteiger partial charge in [-0.05, 0) is 26.2 Å². The van der Waals surface area contributed by atoms with Gasteiger partial charge in [-0.2, -0.15) is 0 Å². The molecule has 0 aromatic rings. The van der Waals surface area contributed by atoms with E-state index in [4.69, 9.17) is 4.74 Å². The minimum atomic E-state index is -0.417. The fraction of sp³-hybridized carbons (Fsp3) is 0.769. The molecule has 2 atom stereocenters. The first-order valence-corrected chi connectivity index (χ1v) is 6.64. The van der Waals surface area contributed by atoms with Crippen molar-refractivity contribution in [2.75, 3.05) is 19.8 Å². The molecule has 2 amide bonds. The summed E-state index contributed by atoms with van der Waals surface area (Å²) in [6.45, 7) is 3.43. The predicted molar refractivity (Wildman–Crippen MR) is 68.3 cm³/mol. The molecule has 1 saturated heterocycles. The van der Waals surface area contributed by atoms with Crippen molar-refractivity contribution in [2.24, 2.45) is 0 Å². The van der Waals surface area contributed by atoms with Crippen LogP contribution in [-0.4, -0.2) is 54.0 Å². The molecule has 102 valence electrons. The molecule has 0 bridgehead atoms. The summed E-state index contributed by atoms with van der Waals surface area (Å²) in [5.41, 5.74) is 0. The molecule has 5 heteroatoms. The SMILES string of the molecule is CC(O)CC1COCCN1C(=O)NC1CC=CC1. The van der Waals surface area contributed by atoms with Crippen LogP contribution in [0, 0.1) is 0 Å². The number of ether oxygens (including phenoxy) is 1. The van der Waals surface area contributed by atoms with Crippen LogP contribution < -0.4 is 5.32 Å². The summed E-state index contributed by atoms with van der Waals surface area (Å²) >= 11 is 0. The Morgan fingerprint density at radius 1 is 1.56 bits per heavy atom. The van der Waals surface area contributed by atoms with Crippen molar-refractivity contribution < 1.29 is 14.6 Å². The minimum Gasteiger partial charge on any atom is -0.393 e. The van der Waals surface area contributed by atoms with E-state index in [-0.39, 0.29) is 18.1 Å². The van der Waals surface area contributed by atoms with Gasteiger partial charge in [0.15, 0.2) is 0 Å². The van der Waals surface area contributed by atoms with Crippen molar-refractivity contribution in [1.82, 2.24) is 10.2 Å². The first kappa shape index (κ1) is 13.4. The number of aliphatic hydroxyl groups excluding tert-OH is 1. The van der Waals surface area contributed by atoms with Gasteiger partial charge in [0.05, 0.1) is 25.4 Å². The van der Waals surface area contributed by atoms with E-state index in [1.165, 1.54) is 0 Å². The van der Waals surface area contributed by atoms with Crippen LogP contribution in [0.5, 0.6) is 0 Å². The van der Waals surface area contributed by atoms with E-state index in [1.807, 2.05) is 0 Å². The zero-order chi connectivity index (χ0) is 13.0. The first-order chi connectivity index (χ1) is 8.66. The summed E-state index contributed by atoms with van der Waals surface area (Å²) in [5.74, 6) is 0. The molecule has 1 heterocycles. The zero-order valence-corrected chi connectivity index (χ0v) is 10.8. The lowest BCUT2D eigenvalue weighted by atomic mass is 10.1. The van der Waals surface area contributed by atoms with Crippen LogP contribution in [0.3, 0.4) is 0 Å². The number of carbonyl (C=O) groups excluding carboxylic acids is 1. The zero-order valence-electron chi connectivity index (χ0n) is 10.8. The Kier molecular flexibility index (Phi) is 4.60. The highest BCUT2D eigenvalue weighted by atomic mass is 16.5. The third-order valence-electron chi connectivity index (χ3n) is 3.44. The number of urea groups is 1. The van der Waals surface area contributed by atoms with Crippen LogP contribution in [0.4, 0.5) is 4.79 Å². The summed E-state index contributed by atoms with van der Waals surface area (Å²) in [6, 6.07) is 0.179. The largest absolute Gasteiger partial charge is 0.393 e. The molecule has 2 aliphatic rings. The number of rotatable bonds is 3. The summed E-state index contributed by atoms with van der Waals surface area (Å²) in [5, 5.41) is 12.5. The predicted octanol–water partition coefficient (Wildman–Crippen LogP) is 0.886. The van der Waals surface area contributed by atoms with Crippen LogP contribution in [0.25, 0.3) is 0 Å². The van der Waals surface area contributed by atoms with Gasteiger partial charge in [-0.3, -0.25) is 0 Å². The number of morpholine rings is 1. The molecule has 2 unspecified atom stereocenters. The van der Waals surface area contributed by atoms with Crippen molar-refractivity contribution in [3.05, 3.63) is 12.2 Å². The summed E-state index contributed by atoms with van der Waals surface area (Å²) < 4.78 is 5.39. The lowest BCUT2D eigenvalue weighted by Gasteiger charge is -2.36. The maximum atomic E-state index is 12.2. The molecule has 0 aromatic heterocycles. The summed E-state index contributed by atoms with van der Waals surface area (Å²) in [7, 11) is 0. The van der Waals surface area contributed by atoms with Gasteiger partial charge in [-0.25, -0.2) is 4.79 Å². The van der Waals surface area contributed by atoms with Gasteiger partial charge < -0.3 is 20.1 Å². The second-order valence-electron chi connectivity index (χ2n) is 5.10. The Morgan fingerprint density at radius 3 is 2.94 bits per heavy atom. The molecule has 1 aliphatic heterocycles. The molecular formula is C13H22N2O3. The van der Waals surface area contributed by atoms with Gasteiger partial charge in [0.25, 0.3) is 0 Å². The number of amides is 2. The topological polar surface area (TPSA) is 61.8 Å². The highest BCUT2D eigenvalue weighted by molar-refractivity contribution is 5.75. The quantitative estimate of drug-likeness (QED) is 0.735. The summed E-state index contributed by atoms with van der Waals surface area (Å²) in [4.78, 5) is 14.0. The van der Waals surface area contributed by atoms with E-state index in [0.717, 1.165) is 12.8 Å². The summed E-state index contributed by atoms with van der Waals surface area (Å²) in [6.07, 6.45) is 6.17. The van der Waals surface area contributed by atoms with E-state index in [1.54, 1.807) is 11.8 Å². The second kappa shape index (κ2) is 6.20. The molecule has 2 N–H and O–H groups in total. The number of hydrogen-bond donors (Lipinski definition) is 2. The van der Waals surface area contributed by atoms with Crippen molar-refractivity contribution in [1.29, 1.82) is 0 Å². The Morgan fingerprint density at radius 2 is 2.28 bits per heavy atom. The second-order valence-corrected chi connectivity index (χ2v) is 5.10. The average molecular weight is 254 g/mol. The van der Waals surface area contributed by atoms with E-state index in [2.05, 4.69) is 17.5 Å². The van der Waals surface area contributed by atoms with Gasteiger partial charge in [0.2, 0.25) is 0 Å². The molecule has 1 aliphatic carbocycles. The van der Waals surface area contributed by atoms with Crippen LogP contribution >= 0.6 is 0 Å². The highest BCUT2D eigenvalue weighted by Crippen LogP contribution is 2.15. The third kappa shape index (κ3) is 3.46. The Labute approximate surface area is 108 Å². The van der Waals surface area contributed by atoms with Crippen molar-refractivity contribution in [2.45, 2.75) is 44.4 Å². The van der Waals surface area contributed by atoms with Crippen LogP contribution in [0.2, 0.25) is 0 Å². The Bertz CT molecular complexity index is 309. The Balaban J connectivity index is 1.88. The molecule has 5 nitrogen and oxygen atoms in total. The van der Waals surface area contributed by atoms with Gasteiger partial charge in [-0.1, -0.05) is 12.2 Å². The normalized spacial score (nSPS) is 26.3. The minimum absolute atomic E-state index is 0.0203. The average Bonchev–Trinajstić information content (AvgIpc) is 2.81. The maximum Gasteiger partial charge on any atom is 0.318 e. The van der Waals surface area contributed by atoms with Gasteiger partial charge in [0.1, 0.15) is 0 Å². The Hall–Kier alpha value is -1.07. The standard InChI is InChI=1S/C13H22N2O3/c1-10(16)8-12-9-18-7-6-15(12)13(17)14-11-4-2-3-5-11/h2-3,10-12,16H,4-9H2,1H3,(H,14,17). The molecule has 0 saturated carbocycles. The molecule has 0 spiro atoms. The number of hydrogen-bond acceptors (Lipinski definition) is 3. The first-order valence-electron chi connectivity index (χ1n) is 6.64. The van der Waals surface area contributed by atoms with Crippen molar-refractivity contribution in [3.63, 3.8) is 0 Å². The van der Waals surface area contributed by atoms with E-state index in [0.29, 0.717) is 26.2 Å². The molecule has 18 heavy (non-hydrogen) atoms. The third-order valence-corrected chi connectivity index (χ3v) is 3.44. The molecule has 1 fully saturated rings. The molecule has 2 rings (SSSR count). The number of nitrogens with zero attached hydrogens (tertiary/aromatic N) is 1. The van der Waals surface area contributed by atoms with Gasteiger partial charge >= 0.3 is 6.03 Å². The van der Waals surface area contributed by atoms with E-state index < -0.39 is 6.10 Å². The van der Waals surface area contributed by atoms with E-state index in [9.17, 15) is 9.90 Å². The lowest BCUT2D eigenvalue weighted by Crippen LogP contribution is -2.54. The van der Waals surface area contributed by atoms with Gasteiger partial charge in [-0.15, -0.1) is 0 Å². The number of aliphatic hydroxyl groups is 1. The van der Waals surface area contributed by atoms with Crippen LogP contribution in [-0.2, 0) is 4.74 Å². The molecule has 0 radical (unpaired) electrons. The fourth-order valence-corrected chi connectivity index (χ4v) is 2.50. The monoisotopic (exact) mass is 254 g/mol. The molecular weight excluding hydrogens is 232 g/mol. The van der Waals surface area contributed by atoms with Crippen LogP contribution in [0.1, 0.15) is 26.2 Å². The molecule has 0 aromatic carbocycles. The fourth-order valence-electron chi connectivity index (χ4n) is 2.50. The maximum absolute atomic E-state index is 12.2. The number of carbonyl (C=O) groups is 1. The lowest BCUT2D eigenvalue weighted by molar-refractivity contribution is -0.00475. The van der Waals surface area contributed by atoms with Crippen molar-refractivity contribution in [3.8, 4) is 0 Å². The highest BCUT2D eigenvalue weighted by Gasteiger charge is 2.29. The van der Waals surface area contributed by atoms with E-state index >= 15 is 0 Å². The van der Waals surface area contributed by atoms with Crippen molar-refractivity contribution >= 4 is 6.03 Å². The van der Waals surface area contributed by atoms with Crippen LogP contribution in [0.15, 0.2) is 12.2 Å². The van der Waals surface area contributed by atoms with Gasteiger partial charge in [0, 0.05) is 12.6 Å². The number of nitrogens with one attached hydrogen (secondary N) is 1. The smallest absolute Gasteiger partial charge is 0.318 e.